The van der Waals surface area contributed by atoms with Crippen molar-refractivity contribution in [3.63, 3.8) is 0 Å². The number of Topliss-reactive ketones (excluding diaryl/α,β-unsaturated/α-hetero) is 1. The van der Waals surface area contributed by atoms with Gasteiger partial charge in [-0.3, -0.25) is 4.79 Å². The highest BCUT2D eigenvalue weighted by Gasteiger charge is 2.34. The monoisotopic (exact) mass is 247 g/mol. The Morgan fingerprint density at radius 3 is 2.21 bits per heavy atom. The summed E-state index contributed by atoms with van der Waals surface area (Å²) in [6, 6.07) is 7.47. The van der Waals surface area contributed by atoms with Crippen LogP contribution in [0.25, 0.3) is 0 Å². The van der Waals surface area contributed by atoms with Crippen LogP contribution in [0, 0.1) is 11.3 Å². The fourth-order valence-electron chi connectivity index (χ4n) is 0.833. The van der Waals surface area contributed by atoms with Crippen LogP contribution in [-0.2, 0) is 0 Å². The first kappa shape index (κ1) is 11.3. The van der Waals surface area contributed by atoms with Gasteiger partial charge in [0.25, 0.3) is 4.33 Å². The van der Waals surface area contributed by atoms with Crippen molar-refractivity contribution in [2.24, 2.45) is 0 Å². The van der Waals surface area contributed by atoms with Crippen LogP contribution in [-0.4, -0.2) is 10.1 Å². The molecular formula is C9H4Cl3NO. The molecule has 0 atom stereocenters. The summed E-state index contributed by atoms with van der Waals surface area (Å²) in [5.74, 6) is -0.653. The van der Waals surface area contributed by atoms with Crippen molar-refractivity contribution in [1.82, 2.24) is 0 Å². The predicted octanol–water partition coefficient (Wildman–Crippen LogP) is 3.22. The van der Waals surface area contributed by atoms with Gasteiger partial charge in [0.2, 0.25) is 5.78 Å². The SMILES string of the molecule is N#CC(Cl)(Cl)C(=O)c1ccc(Cl)cc1. The minimum absolute atomic E-state index is 0.251. The molecule has 0 radical (unpaired) electrons. The van der Waals surface area contributed by atoms with Gasteiger partial charge in [0.05, 0.1) is 0 Å². The number of ketones is 1. The number of halogens is 3. The standard InChI is InChI=1S/C9H4Cl3NO/c10-7-3-1-6(2-4-7)8(14)9(11,12)5-13/h1-4H. The van der Waals surface area contributed by atoms with Crippen molar-refractivity contribution in [1.29, 1.82) is 5.26 Å². The summed E-state index contributed by atoms with van der Waals surface area (Å²) in [5.41, 5.74) is 0.251. The molecule has 0 heterocycles. The van der Waals surface area contributed by atoms with Gasteiger partial charge in [-0.25, -0.2) is 0 Å². The molecular weight excluding hydrogens is 244 g/mol. The topological polar surface area (TPSA) is 40.9 Å². The first-order valence-electron chi connectivity index (χ1n) is 3.57. The molecule has 14 heavy (non-hydrogen) atoms. The van der Waals surface area contributed by atoms with Crippen molar-refractivity contribution < 1.29 is 4.79 Å². The molecule has 0 spiro atoms. The van der Waals surface area contributed by atoms with Gasteiger partial charge in [-0.2, -0.15) is 5.26 Å². The van der Waals surface area contributed by atoms with Gasteiger partial charge in [0.15, 0.2) is 0 Å². The van der Waals surface area contributed by atoms with E-state index in [9.17, 15) is 4.79 Å². The lowest BCUT2D eigenvalue weighted by Gasteiger charge is -2.08. The predicted molar refractivity (Wildman–Crippen MR) is 55.8 cm³/mol. The number of nitriles is 1. The summed E-state index contributed by atoms with van der Waals surface area (Å²) in [5, 5.41) is 9.01. The van der Waals surface area contributed by atoms with Crippen LogP contribution < -0.4 is 0 Å². The molecule has 0 saturated heterocycles. The number of nitrogens with zero attached hydrogens (tertiary/aromatic N) is 1. The van der Waals surface area contributed by atoms with Crippen LogP contribution in [0.1, 0.15) is 10.4 Å². The Hall–Kier alpha value is -0.750. The number of rotatable bonds is 2. The molecule has 0 bridgehead atoms. The Bertz CT molecular complexity index is 392. The van der Waals surface area contributed by atoms with E-state index in [1.165, 1.54) is 30.3 Å². The molecule has 72 valence electrons. The summed E-state index contributed by atoms with van der Waals surface area (Å²) >= 11 is 16.6. The van der Waals surface area contributed by atoms with E-state index in [0.29, 0.717) is 5.02 Å². The lowest BCUT2D eigenvalue weighted by molar-refractivity contribution is 0.0989. The van der Waals surface area contributed by atoms with Crippen LogP contribution >= 0.6 is 34.8 Å². The molecule has 0 aromatic heterocycles. The molecule has 0 unspecified atom stereocenters. The average Bonchev–Trinajstić information content (AvgIpc) is 2.18. The zero-order chi connectivity index (χ0) is 10.8. The number of benzene rings is 1. The van der Waals surface area contributed by atoms with Gasteiger partial charge in [-0.15, -0.1) is 0 Å². The third-order valence-electron chi connectivity index (χ3n) is 1.53. The van der Waals surface area contributed by atoms with Gasteiger partial charge in [-0.05, 0) is 24.3 Å². The second-order valence-corrected chi connectivity index (χ2v) is 4.29. The molecule has 0 saturated carbocycles. The number of hydrogen-bond acceptors (Lipinski definition) is 2. The smallest absolute Gasteiger partial charge is 0.265 e. The average molecular weight is 248 g/mol. The van der Waals surface area contributed by atoms with Crippen molar-refractivity contribution in [2.75, 3.05) is 0 Å². The first-order valence-corrected chi connectivity index (χ1v) is 4.70. The van der Waals surface area contributed by atoms with Crippen molar-refractivity contribution >= 4 is 40.6 Å². The fraction of sp³-hybridized carbons (Fsp3) is 0.111. The number of hydrogen-bond donors (Lipinski definition) is 0. The molecule has 1 aromatic rings. The van der Waals surface area contributed by atoms with E-state index in [1.807, 2.05) is 0 Å². The Kier molecular flexibility index (Phi) is 3.38. The van der Waals surface area contributed by atoms with Gasteiger partial charge in [0, 0.05) is 10.6 Å². The Morgan fingerprint density at radius 1 is 1.29 bits per heavy atom. The largest absolute Gasteiger partial charge is 0.290 e. The lowest BCUT2D eigenvalue weighted by atomic mass is 10.1. The van der Waals surface area contributed by atoms with Gasteiger partial charge < -0.3 is 0 Å². The summed E-state index contributed by atoms with van der Waals surface area (Å²) in [6.07, 6.45) is 0. The highest BCUT2D eigenvalue weighted by molar-refractivity contribution is 6.62. The molecule has 2 nitrogen and oxygen atoms in total. The van der Waals surface area contributed by atoms with Gasteiger partial charge >= 0.3 is 0 Å². The zero-order valence-corrected chi connectivity index (χ0v) is 9.07. The normalized spacial score (nSPS) is 10.7. The van der Waals surface area contributed by atoms with Crippen molar-refractivity contribution in [2.45, 2.75) is 4.33 Å². The van der Waals surface area contributed by atoms with Crippen LogP contribution in [0.4, 0.5) is 0 Å². The Morgan fingerprint density at radius 2 is 1.79 bits per heavy atom. The molecule has 0 amide bonds. The number of alkyl halides is 2. The minimum Gasteiger partial charge on any atom is -0.290 e. The van der Waals surface area contributed by atoms with E-state index in [-0.39, 0.29) is 5.56 Å². The molecule has 0 aliphatic carbocycles. The van der Waals surface area contributed by atoms with E-state index in [1.54, 1.807) is 0 Å². The Balaban J connectivity index is 3.03. The van der Waals surface area contributed by atoms with E-state index in [2.05, 4.69) is 0 Å². The maximum atomic E-state index is 11.5. The lowest BCUT2D eigenvalue weighted by Crippen LogP contribution is -2.23. The van der Waals surface area contributed by atoms with E-state index < -0.39 is 10.1 Å². The van der Waals surface area contributed by atoms with E-state index in [0.717, 1.165) is 0 Å². The maximum absolute atomic E-state index is 11.5. The number of carbonyl (C=O) groups excluding carboxylic acids is 1. The molecule has 0 aliphatic heterocycles. The van der Waals surface area contributed by atoms with E-state index >= 15 is 0 Å². The summed E-state index contributed by atoms with van der Waals surface area (Å²) in [4.78, 5) is 11.5. The third-order valence-corrected chi connectivity index (χ3v) is 2.30. The second-order valence-electron chi connectivity index (χ2n) is 2.52. The van der Waals surface area contributed by atoms with E-state index in [4.69, 9.17) is 40.1 Å². The first-order chi connectivity index (χ1) is 6.47. The number of carbonyl (C=O) groups is 1. The maximum Gasteiger partial charge on any atom is 0.265 e. The molecule has 5 heteroatoms. The summed E-state index contributed by atoms with van der Waals surface area (Å²) in [7, 11) is 0. The fourth-order valence-corrected chi connectivity index (χ4v) is 1.18. The summed E-state index contributed by atoms with van der Waals surface area (Å²) < 4.78 is -2.03. The van der Waals surface area contributed by atoms with Crippen LogP contribution in [0.2, 0.25) is 5.02 Å². The van der Waals surface area contributed by atoms with Crippen LogP contribution in [0.15, 0.2) is 24.3 Å². The highest BCUT2D eigenvalue weighted by atomic mass is 35.5. The van der Waals surface area contributed by atoms with Gasteiger partial charge in [-0.1, -0.05) is 34.8 Å². The van der Waals surface area contributed by atoms with Crippen LogP contribution in [0.3, 0.4) is 0 Å². The molecule has 0 fully saturated rings. The molecule has 0 N–H and O–H groups in total. The third kappa shape index (κ3) is 2.39. The van der Waals surface area contributed by atoms with Crippen LogP contribution in [0.5, 0.6) is 0 Å². The van der Waals surface area contributed by atoms with Gasteiger partial charge in [0.1, 0.15) is 6.07 Å². The van der Waals surface area contributed by atoms with Crippen molar-refractivity contribution in [3.05, 3.63) is 34.9 Å². The Labute approximate surface area is 96.0 Å². The summed E-state index contributed by atoms with van der Waals surface area (Å²) in [6.45, 7) is 0. The quantitative estimate of drug-likeness (QED) is 0.595. The molecule has 0 aliphatic rings. The second kappa shape index (κ2) is 4.18. The molecule has 1 aromatic carbocycles. The minimum atomic E-state index is -2.03. The molecule has 1 rings (SSSR count). The highest BCUT2D eigenvalue weighted by Crippen LogP contribution is 2.25. The zero-order valence-electron chi connectivity index (χ0n) is 6.80. The van der Waals surface area contributed by atoms with Crippen molar-refractivity contribution in [3.8, 4) is 6.07 Å².